The molecule has 0 radical (unpaired) electrons. The first-order chi connectivity index (χ1) is 9.19. The van der Waals surface area contributed by atoms with Gasteiger partial charge < -0.3 is 5.32 Å². The molecule has 2 rings (SSSR count). The molecule has 2 aromatic rings. The highest BCUT2D eigenvalue weighted by Gasteiger charge is 2.00. The van der Waals surface area contributed by atoms with E-state index in [1.807, 2.05) is 31.3 Å². The van der Waals surface area contributed by atoms with E-state index in [9.17, 15) is 0 Å². The molecular formula is C15H14ClN3. The molecule has 1 N–H and O–H groups in total. The zero-order valence-electron chi connectivity index (χ0n) is 10.7. The highest BCUT2D eigenvalue weighted by molar-refractivity contribution is 6.32. The van der Waals surface area contributed by atoms with Crippen molar-refractivity contribution in [3.63, 3.8) is 0 Å². The van der Waals surface area contributed by atoms with E-state index in [0.717, 1.165) is 24.3 Å². The minimum Gasteiger partial charge on any atom is -0.385 e. The van der Waals surface area contributed by atoms with Gasteiger partial charge >= 0.3 is 0 Å². The lowest BCUT2D eigenvalue weighted by molar-refractivity contribution is 0.997. The lowest BCUT2D eigenvalue weighted by atomic mass is 10.2. The third-order valence-electron chi connectivity index (χ3n) is 2.80. The molecular weight excluding hydrogens is 258 g/mol. The van der Waals surface area contributed by atoms with Crippen molar-refractivity contribution < 1.29 is 0 Å². The number of benzene rings is 1. The van der Waals surface area contributed by atoms with E-state index in [1.54, 1.807) is 12.1 Å². The maximum absolute atomic E-state index is 8.79. The standard InChI is InChI=1S/C15H14ClN3/c1-11-2-3-12(10-19-11)6-7-18-14-5-4-13(9-17)15(16)8-14/h2-5,8,10,18H,6-7H2,1H3. The topological polar surface area (TPSA) is 48.7 Å². The Bertz CT molecular complexity index is 600. The summed E-state index contributed by atoms with van der Waals surface area (Å²) in [6.07, 6.45) is 2.79. The second-order valence-corrected chi connectivity index (χ2v) is 4.70. The Balaban J connectivity index is 1.91. The van der Waals surface area contributed by atoms with E-state index >= 15 is 0 Å². The van der Waals surface area contributed by atoms with Crippen LogP contribution in [0.3, 0.4) is 0 Å². The Morgan fingerprint density at radius 1 is 1.32 bits per heavy atom. The number of hydrogen-bond acceptors (Lipinski definition) is 3. The molecule has 0 bridgehead atoms. The third-order valence-corrected chi connectivity index (χ3v) is 3.12. The van der Waals surface area contributed by atoms with E-state index < -0.39 is 0 Å². The van der Waals surface area contributed by atoms with Crippen LogP contribution in [-0.2, 0) is 6.42 Å². The monoisotopic (exact) mass is 271 g/mol. The summed E-state index contributed by atoms with van der Waals surface area (Å²) < 4.78 is 0. The fraction of sp³-hybridized carbons (Fsp3) is 0.200. The van der Waals surface area contributed by atoms with Gasteiger partial charge in [0, 0.05) is 24.1 Å². The summed E-state index contributed by atoms with van der Waals surface area (Å²) in [4.78, 5) is 4.26. The number of rotatable bonds is 4. The Hall–Kier alpha value is -2.05. The maximum Gasteiger partial charge on any atom is 0.101 e. The Kier molecular flexibility index (Phi) is 4.38. The average molecular weight is 272 g/mol. The van der Waals surface area contributed by atoms with E-state index in [-0.39, 0.29) is 0 Å². The summed E-state index contributed by atoms with van der Waals surface area (Å²) in [5, 5.41) is 12.5. The van der Waals surface area contributed by atoms with Crippen LogP contribution in [0.15, 0.2) is 36.5 Å². The summed E-state index contributed by atoms with van der Waals surface area (Å²) in [6, 6.07) is 11.5. The van der Waals surface area contributed by atoms with Gasteiger partial charge in [-0.3, -0.25) is 4.98 Å². The minimum absolute atomic E-state index is 0.476. The molecule has 0 unspecified atom stereocenters. The summed E-state index contributed by atoms with van der Waals surface area (Å²) in [6.45, 7) is 2.77. The van der Waals surface area contributed by atoms with E-state index in [2.05, 4.69) is 16.4 Å². The number of anilines is 1. The normalized spacial score (nSPS) is 9.95. The number of halogens is 1. The zero-order chi connectivity index (χ0) is 13.7. The van der Waals surface area contributed by atoms with E-state index in [0.29, 0.717) is 10.6 Å². The summed E-state index contributed by atoms with van der Waals surface area (Å²) in [7, 11) is 0. The van der Waals surface area contributed by atoms with Gasteiger partial charge in [0.2, 0.25) is 0 Å². The molecule has 1 heterocycles. The number of aryl methyl sites for hydroxylation is 1. The molecule has 0 aliphatic rings. The molecule has 0 atom stereocenters. The lowest BCUT2D eigenvalue weighted by Crippen LogP contribution is -2.05. The van der Waals surface area contributed by atoms with Gasteiger partial charge in [-0.05, 0) is 43.2 Å². The molecule has 4 heteroatoms. The van der Waals surface area contributed by atoms with Crippen LogP contribution in [0, 0.1) is 18.3 Å². The van der Waals surface area contributed by atoms with Crippen LogP contribution in [0.2, 0.25) is 5.02 Å². The number of nitrogens with zero attached hydrogens (tertiary/aromatic N) is 2. The first-order valence-corrected chi connectivity index (χ1v) is 6.42. The van der Waals surface area contributed by atoms with Gasteiger partial charge in [-0.25, -0.2) is 0 Å². The quantitative estimate of drug-likeness (QED) is 0.925. The molecule has 0 saturated heterocycles. The van der Waals surface area contributed by atoms with Crippen LogP contribution in [0.4, 0.5) is 5.69 Å². The summed E-state index contributed by atoms with van der Waals surface area (Å²) in [5.41, 5.74) is 3.63. The van der Waals surface area contributed by atoms with Gasteiger partial charge in [0.15, 0.2) is 0 Å². The Morgan fingerprint density at radius 2 is 2.16 bits per heavy atom. The summed E-state index contributed by atoms with van der Waals surface area (Å²) in [5.74, 6) is 0. The van der Waals surface area contributed by atoms with Crippen LogP contribution in [0.1, 0.15) is 16.8 Å². The molecule has 0 amide bonds. The molecule has 0 aliphatic heterocycles. The van der Waals surface area contributed by atoms with Crippen LogP contribution in [0.5, 0.6) is 0 Å². The molecule has 0 spiro atoms. The first kappa shape index (κ1) is 13.4. The Labute approximate surface area is 117 Å². The van der Waals surface area contributed by atoms with Gasteiger partial charge in [-0.15, -0.1) is 0 Å². The second kappa shape index (κ2) is 6.21. The number of pyridine rings is 1. The fourth-order valence-electron chi connectivity index (χ4n) is 1.71. The number of hydrogen-bond donors (Lipinski definition) is 1. The van der Waals surface area contributed by atoms with Crippen molar-refractivity contribution >= 4 is 17.3 Å². The highest BCUT2D eigenvalue weighted by Crippen LogP contribution is 2.20. The minimum atomic E-state index is 0.476. The second-order valence-electron chi connectivity index (χ2n) is 4.29. The van der Waals surface area contributed by atoms with Crippen LogP contribution in [-0.4, -0.2) is 11.5 Å². The van der Waals surface area contributed by atoms with Crippen molar-refractivity contribution in [1.29, 1.82) is 5.26 Å². The van der Waals surface area contributed by atoms with Gasteiger partial charge in [0.05, 0.1) is 10.6 Å². The molecule has 1 aromatic heterocycles. The SMILES string of the molecule is Cc1ccc(CCNc2ccc(C#N)c(Cl)c2)cn1. The van der Waals surface area contributed by atoms with Gasteiger partial charge in [0.1, 0.15) is 6.07 Å². The molecule has 3 nitrogen and oxygen atoms in total. The Morgan fingerprint density at radius 3 is 2.79 bits per heavy atom. The maximum atomic E-state index is 8.79. The largest absolute Gasteiger partial charge is 0.385 e. The fourth-order valence-corrected chi connectivity index (χ4v) is 1.94. The van der Waals surface area contributed by atoms with Gasteiger partial charge in [-0.1, -0.05) is 17.7 Å². The lowest BCUT2D eigenvalue weighted by Gasteiger charge is -2.07. The molecule has 0 aliphatic carbocycles. The van der Waals surface area contributed by atoms with Crippen molar-refractivity contribution in [3.8, 4) is 6.07 Å². The molecule has 1 aromatic carbocycles. The van der Waals surface area contributed by atoms with Crippen molar-refractivity contribution in [1.82, 2.24) is 4.98 Å². The average Bonchev–Trinajstić information content (AvgIpc) is 2.41. The number of nitrogens with one attached hydrogen (secondary N) is 1. The first-order valence-electron chi connectivity index (χ1n) is 6.04. The predicted molar refractivity (Wildman–Crippen MR) is 77.3 cm³/mol. The van der Waals surface area contributed by atoms with Crippen molar-refractivity contribution in [2.45, 2.75) is 13.3 Å². The van der Waals surface area contributed by atoms with E-state index in [1.165, 1.54) is 5.56 Å². The highest BCUT2D eigenvalue weighted by atomic mass is 35.5. The molecule has 96 valence electrons. The van der Waals surface area contributed by atoms with Crippen LogP contribution >= 0.6 is 11.6 Å². The predicted octanol–water partition coefficient (Wildman–Crippen LogP) is 3.57. The van der Waals surface area contributed by atoms with E-state index in [4.69, 9.17) is 16.9 Å². The van der Waals surface area contributed by atoms with Gasteiger partial charge in [-0.2, -0.15) is 5.26 Å². The van der Waals surface area contributed by atoms with Crippen molar-refractivity contribution in [3.05, 3.63) is 58.4 Å². The zero-order valence-corrected chi connectivity index (χ0v) is 11.4. The third kappa shape index (κ3) is 3.70. The summed E-state index contributed by atoms with van der Waals surface area (Å²) >= 11 is 5.97. The van der Waals surface area contributed by atoms with Crippen molar-refractivity contribution in [2.24, 2.45) is 0 Å². The van der Waals surface area contributed by atoms with Crippen LogP contribution < -0.4 is 5.32 Å². The smallest absolute Gasteiger partial charge is 0.101 e. The molecule has 19 heavy (non-hydrogen) atoms. The number of nitriles is 1. The number of aromatic nitrogens is 1. The van der Waals surface area contributed by atoms with Crippen molar-refractivity contribution in [2.75, 3.05) is 11.9 Å². The van der Waals surface area contributed by atoms with Crippen LogP contribution in [0.25, 0.3) is 0 Å². The van der Waals surface area contributed by atoms with Gasteiger partial charge in [0.25, 0.3) is 0 Å². The molecule has 0 saturated carbocycles. The molecule has 0 fully saturated rings.